The zero-order valence-corrected chi connectivity index (χ0v) is 11.9. The molecule has 2 heterocycles. The summed E-state index contributed by atoms with van der Waals surface area (Å²) in [7, 11) is 0. The van der Waals surface area contributed by atoms with Gasteiger partial charge in [-0.2, -0.15) is 0 Å². The second-order valence-electron chi connectivity index (χ2n) is 5.56. The van der Waals surface area contributed by atoms with Crippen LogP contribution in [-0.2, 0) is 18.8 Å². The molecule has 112 valence electrons. The molecule has 0 saturated carbocycles. The number of rotatable bonds is 2. The van der Waals surface area contributed by atoms with Crippen molar-refractivity contribution in [1.29, 1.82) is 0 Å². The lowest BCUT2D eigenvalue weighted by molar-refractivity contribution is -0.141. The number of hydrogen-bond acceptors (Lipinski definition) is 6. The summed E-state index contributed by atoms with van der Waals surface area (Å²) >= 11 is 0. The Balaban J connectivity index is 1.70. The van der Waals surface area contributed by atoms with Gasteiger partial charge < -0.3 is 20.4 Å². The Kier molecular flexibility index (Phi) is 2.88. The van der Waals surface area contributed by atoms with Gasteiger partial charge in [0.05, 0.1) is 30.8 Å². The van der Waals surface area contributed by atoms with Crippen LogP contribution in [0.3, 0.4) is 0 Å². The highest BCUT2D eigenvalue weighted by Gasteiger charge is 2.43. The largest absolute Gasteiger partial charge is 0.365 e. The lowest BCUT2D eigenvalue weighted by atomic mass is 9.88. The lowest BCUT2D eigenvalue weighted by Crippen LogP contribution is -2.37. The number of hydrogen-bond donors (Lipinski definition) is 3. The van der Waals surface area contributed by atoms with Gasteiger partial charge in [0.15, 0.2) is 0 Å². The quantitative estimate of drug-likeness (QED) is 0.698. The molecule has 6 nitrogen and oxygen atoms in total. The van der Waals surface area contributed by atoms with Crippen LogP contribution in [0, 0.1) is 0 Å². The second kappa shape index (κ2) is 4.79. The molecule has 2 aliphatic rings. The predicted octanol–water partition coefficient (Wildman–Crippen LogP) is 0.445. The van der Waals surface area contributed by atoms with Crippen molar-refractivity contribution in [1.82, 2.24) is 20.2 Å². The Morgan fingerprint density at radius 1 is 1.23 bits per heavy atom. The minimum atomic E-state index is -1.97. The first-order chi connectivity index (χ1) is 10.7. The number of benzene rings is 1. The van der Waals surface area contributed by atoms with Crippen LogP contribution in [0.4, 0.5) is 0 Å². The fourth-order valence-corrected chi connectivity index (χ4v) is 3.14. The Hall–Kier alpha value is -2.44. The molecule has 4 rings (SSSR count). The van der Waals surface area contributed by atoms with Crippen molar-refractivity contribution in [2.45, 2.75) is 18.8 Å². The van der Waals surface area contributed by atoms with E-state index in [1.165, 1.54) is 0 Å². The van der Waals surface area contributed by atoms with E-state index in [2.05, 4.69) is 20.2 Å². The summed E-state index contributed by atoms with van der Waals surface area (Å²) in [5.41, 5.74) is 3.68. The highest BCUT2D eigenvalue weighted by molar-refractivity contribution is 5.45. The monoisotopic (exact) mass is 296 g/mol. The van der Waals surface area contributed by atoms with Crippen molar-refractivity contribution < 1.29 is 10.2 Å². The highest BCUT2D eigenvalue weighted by atomic mass is 16.5. The molecule has 6 heteroatoms. The first-order valence-corrected chi connectivity index (χ1v) is 7.17. The molecule has 0 atom stereocenters. The van der Waals surface area contributed by atoms with Gasteiger partial charge in [0.25, 0.3) is 0 Å². The van der Waals surface area contributed by atoms with Gasteiger partial charge in [0.2, 0.25) is 5.79 Å². The Morgan fingerprint density at radius 2 is 2.09 bits per heavy atom. The van der Waals surface area contributed by atoms with Crippen LogP contribution in [0.2, 0.25) is 0 Å². The van der Waals surface area contributed by atoms with Gasteiger partial charge in [-0.25, -0.2) is 0 Å². The molecule has 3 N–H and O–H groups in total. The Labute approximate surface area is 127 Å². The van der Waals surface area contributed by atoms with E-state index in [1.54, 1.807) is 24.7 Å². The van der Waals surface area contributed by atoms with E-state index in [9.17, 15) is 10.2 Å². The normalized spacial score (nSPS) is 18.7. The summed E-state index contributed by atoms with van der Waals surface area (Å²) in [6, 6.07) is 7.42. The molecular weight excluding hydrogens is 280 g/mol. The SMILES string of the molecule is OC1(O)C2=C(Cc3ccccc31)N(Cc1cnccn1)CN2. The van der Waals surface area contributed by atoms with Crippen molar-refractivity contribution in [3.63, 3.8) is 0 Å². The number of aliphatic hydroxyl groups is 2. The van der Waals surface area contributed by atoms with Crippen LogP contribution < -0.4 is 5.32 Å². The van der Waals surface area contributed by atoms with E-state index in [0.717, 1.165) is 17.0 Å². The van der Waals surface area contributed by atoms with Crippen LogP contribution in [-0.4, -0.2) is 31.7 Å². The maximum absolute atomic E-state index is 10.6. The van der Waals surface area contributed by atoms with Gasteiger partial charge in [0, 0.05) is 30.1 Å². The average molecular weight is 296 g/mol. The van der Waals surface area contributed by atoms with E-state index in [-0.39, 0.29) is 0 Å². The molecule has 1 aromatic heterocycles. The van der Waals surface area contributed by atoms with Gasteiger partial charge in [-0.3, -0.25) is 9.97 Å². The number of allylic oxidation sites excluding steroid dienone is 1. The van der Waals surface area contributed by atoms with Crippen molar-refractivity contribution >= 4 is 0 Å². The van der Waals surface area contributed by atoms with E-state index in [0.29, 0.717) is 30.9 Å². The zero-order valence-electron chi connectivity index (χ0n) is 11.9. The summed E-state index contributed by atoms with van der Waals surface area (Å²) in [6.07, 6.45) is 5.69. The molecule has 0 bridgehead atoms. The summed E-state index contributed by atoms with van der Waals surface area (Å²) in [6.45, 7) is 1.11. The third kappa shape index (κ3) is 1.96. The van der Waals surface area contributed by atoms with Gasteiger partial charge in [0.1, 0.15) is 0 Å². The van der Waals surface area contributed by atoms with Gasteiger partial charge in [-0.1, -0.05) is 24.3 Å². The highest BCUT2D eigenvalue weighted by Crippen LogP contribution is 2.39. The maximum atomic E-state index is 10.6. The van der Waals surface area contributed by atoms with E-state index < -0.39 is 5.79 Å². The van der Waals surface area contributed by atoms with Crippen molar-refractivity contribution in [3.8, 4) is 0 Å². The zero-order chi connectivity index (χ0) is 15.2. The average Bonchev–Trinajstić information content (AvgIpc) is 2.92. The summed E-state index contributed by atoms with van der Waals surface area (Å²) in [5, 5.41) is 24.2. The molecule has 0 saturated heterocycles. The van der Waals surface area contributed by atoms with Crippen LogP contribution in [0.15, 0.2) is 54.3 Å². The van der Waals surface area contributed by atoms with Crippen LogP contribution in [0.1, 0.15) is 16.8 Å². The maximum Gasteiger partial charge on any atom is 0.234 e. The number of aromatic nitrogens is 2. The van der Waals surface area contributed by atoms with E-state index >= 15 is 0 Å². The van der Waals surface area contributed by atoms with Crippen molar-refractivity contribution in [3.05, 3.63) is 71.1 Å². The van der Waals surface area contributed by atoms with Gasteiger partial charge in [-0.15, -0.1) is 0 Å². The Bertz CT molecular complexity index is 743. The van der Waals surface area contributed by atoms with E-state index in [1.807, 2.05) is 18.2 Å². The number of nitrogens with one attached hydrogen (secondary N) is 1. The minimum absolute atomic E-state index is 0.468. The third-order valence-corrected chi connectivity index (χ3v) is 4.19. The first kappa shape index (κ1) is 13.2. The standard InChI is InChI=1S/C16H16N4O2/c21-16(22)13-4-2-1-3-11(13)7-14-15(16)19-10-20(14)9-12-8-17-5-6-18-12/h1-6,8,19,21-22H,7,9-10H2. The minimum Gasteiger partial charge on any atom is -0.365 e. The van der Waals surface area contributed by atoms with Crippen molar-refractivity contribution in [2.75, 3.05) is 6.67 Å². The molecule has 0 fully saturated rings. The van der Waals surface area contributed by atoms with E-state index in [4.69, 9.17) is 0 Å². The van der Waals surface area contributed by atoms with Crippen molar-refractivity contribution in [2.24, 2.45) is 0 Å². The second-order valence-corrected chi connectivity index (χ2v) is 5.56. The molecule has 0 unspecified atom stereocenters. The summed E-state index contributed by atoms with van der Waals surface area (Å²) < 4.78 is 0. The molecule has 0 radical (unpaired) electrons. The topological polar surface area (TPSA) is 81.5 Å². The molecular formula is C16H16N4O2. The molecule has 0 amide bonds. The molecule has 1 aliphatic carbocycles. The van der Waals surface area contributed by atoms with Crippen LogP contribution >= 0.6 is 0 Å². The fraction of sp³-hybridized carbons (Fsp3) is 0.250. The van der Waals surface area contributed by atoms with Gasteiger partial charge >= 0.3 is 0 Å². The number of fused-ring (bicyclic) bond motifs is 1. The van der Waals surface area contributed by atoms with Crippen LogP contribution in [0.25, 0.3) is 0 Å². The fourth-order valence-electron chi connectivity index (χ4n) is 3.14. The number of nitrogens with zero attached hydrogens (tertiary/aromatic N) is 3. The smallest absolute Gasteiger partial charge is 0.234 e. The first-order valence-electron chi connectivity index (χ1n) is 7.17. The third-order valence-electron chi connectivity index (χ3n) is 4.19. The van der Waals surface area contributed by atoms with Crippen LogP contribution in [0.5, 0.6) is 0 Å². The molecule has 2 aromatic rings. The molecule has 22 heavy (non-hydrogen) atoms. The summed E-state index contributed by atoms with van der Waals surface area (Å²) in [4.78, 5) is 10.4. The summed E-state index contributed by atoms with van der Waals surface area (Å²) in [5.74, 6) is -1.97. The Morgan fingerprint density at radius 3 is 2.91 bits per heavy atom. The lowest BCUT2D eigenvalue weighted by Gasteiger charge is -2.32. The molecule has 0 spiro atoms. The van der Waals surface area contributed by atoms with Gasteiger partial charge in [-0.05, 0) is 5.56 Å². The molecule has 1 aliphatic heterocycles. The predicted molar refractivity (Wildman–Crippen MR) is 78.9 cm³/mol. The molecule has 1 aromatic carbocycles.